The molecule has 0 aliphatic heterocycles. The molecule has 3 heteroatoms. The maximum atomic E-state index is 10.1. The van der Waals surface area contributed by atoms with Crippen molar-refractivity contribution in [3.05, 3.63) is 24.3 Å². The number of ether oxygens (including phenoxy) is 2. The standard InChI is InChI=1S/C13H20O3/c1-4-13(14,5-2)10-16-12-9-7-6-8-11(12)15-3/h6-9,14H,4-5,10H2,1-3H3. The zero-order valence-electron chi connectivity index (χ0n) is 10.2. The smallest absolute Gasteiger partial charge is 0.161 e. The van der Waals surface area contributed by atoms with Crippen molar-refractivity contribution in [1.82, 2.24) is 0 Å². The number of para-hydroxylation sites is 2. The lowest BCUT2D eigenvalue weighted by Crippen LogP contribution is -2.34. The van der Waals surface area contributed by atoms with Gasteiger partial charge >= 0.3 is 0 Å². The van der Waals surface area contributed by atoms with E-state index in [-0.39, 0.29) is 0 Å². The second-order valence-corrected chi connectivity index (χ2v) is 3.87. The van der Waals surface area contributed by atoms with Crippen LogP contribution in [0.25, 0.3) is 0 Å². The van der Waals surface area contributed by atoms with Crippen LogP contribution in [0.2, 0.25) is 0 Å². The minimum absolute atomic E-state index is 0.292. The molecule has 0 aromatic heterocycles. The Labute approximate surface area is 97.0 Å². The fourth-order valence-corrected chi connectivity index (χ4v) is 1.40. The highest BCUT2D eigenvalue weighted by Crippen LogP contribution is 2.27. The maximum absolute atomic E-state index is 10.1. The van der Waals surface area contributed by atoms with Gasteiger partial charge in [-0.1, -0.05) is 26.0 Å². The lowest BCUT2D eigenvalue weighted by molar-refractivity contribution is -0.0119. The molecule has 0 saturated heterocycles. The van der Waals surface area contributed by atoms with E-state index in [1.54, 1.807) is 7.11 Å². The van der Waals surface area contributed by atoms with Gasteiger partial charge in [0.05, 0.1) is 12.7 Å². The minimum Gasteiger partial charge on any atom is -0.493 e. The molecule has 0 fully saturated rings. The quantitative estimate of drug-likeness (QED) is 0.807. The molecule has 0 unspecified atom stereocenters. The molecule has 0 atom stereocenters. The van der Waals surface area contributed by atoms with Gasteiger partial charge in [-0.05, 0) is 25.0 Å². The van der Waals surface area contributed by atoms with E-state index in [1.807, 2.05) is 38.1 Å². The highest BCUT2D eigenvalue weighted by atomic mass is 16.5. The van der Waals surface area contributed by atoms with Crippen molar-refractivity contribution in [3.8, 4) is 11.5 Å². The topological polar surface area (TPSA) is 38.7 Å². The molecule has 0 bridgehead atoms. The van der Waals surface area contributed by atoms with E-state index in [9.17, 15) is 5.11 Å². The number of hydrogen-bond acceptors (Lipinski definition) is 3. The molecule has 0 aliphatic rings. The third kappa shape index (κ3) is 3.14. The van der Waals surface area contributed by atoms with Gasteiger partial charge < -0.3 is 14.6 Å². The predicted molar refractivity (Wildman–Crippen MR) is 64.0 cm³/mol. The number of methoxy groups -OCH3 is 1. The van der Waals surface area contributed by atoms with Crippen LogP contribution < -0.4 is 9.47 Å². The van der Waals surface area contributed by atoms with E-state index in [2.05, 4.69) is 0 Å². The molecule has 0 amide bonds. The van der Waals surface area contributed by atoms with Gasteiger partial charge in [0.2, 0.25) is 0 Å². The molecule has 3 nitrogen and oxygen atoms in total. The van der Waals surface area contributed by atoms with Gasteiger partial charge in [-0.3, -0.25) is 0 Å². The summed E-state index contributed by atoms with van der Waals surface area (Å²) in [5, 5.41) is 10.1. The lowest BCUT2D eigenvalue weighted by atomic mass is 9.99. The number of hydrogen-bond donors (Lipinski definition) is 1. The zero-order chi connectivity index (χ0) is 12.0. The van der Waals surface area contributed by atoms with Crippen molar-refractivity contribution < 1.29 is 14.6 Å². The molecule has 1 aromatic rings. The van der Waals surface area contributed by atoms with E-state index in [4.69, 9.17) is 9.47 Å². The van der Waals surface area contributed by atoms with Crippen LogP contribution in [0.5, 0.6) is 11.5 Å². The second kappa shape index (κ2) is 5.75. The van der Waals surface area contributed by atoms with Gasteiger partial charge in [0, 0.05) is 0 Å². The van der Waals surface area contributed by atoms with Gasteiger partial charge in [-0.15, -0.1) is 0 Å². The summed E-state index contributed by atoms with van der Waals surface area (Å²) < 4.78 is 10.8. The Balaban J connectivity index is 2.67. The molecule has 0 heterocycles. The summed E-state index contributed by atoms with van der Waals surface area (Å²) in [6.45, 7) is 4.20. The molecular weight excluding hydrogens is 204 g/mol. The van der Waals surface area contributed by atoms with Crippen LogP contribution in [-0.2, 0) is 0 Å². The average Bonchev–Trinajstić information content (AvgIpc) is 2.36. The van der Waals surface area contributed by atoms with Crippen LogP contribution in [0.4, 0.5) is 0 Å². The third-order valence-electron chi connectivity index (χ3n) is 2.88. The second-order valence-electron chi connectivity index (χ2n) is 3.87. The van der Waals surface area contributed by atoms with E-state index in [0.717, 1.165) is 0 Å². The summed E-state index contributed by atoms with van der Waals surface area (Å²) in [5.41, 5.74) is -0.749. The van der Waals surface area contributed by atoms with Gasteiger partial charge in [0.25, 0.3) is 0 Å². The van der Waals surface area contributed by atoms with Crippen molar-refractivity contribution in [2.45, 2.75) is 32.3 Å². The highest BCUT2D eigenvalue weighted by molar-refractivity contribution is 5.39. The van der Waals surface area contributed by atoms with Gasteiger partial charge in [0.15, 0.2) is 11.5 Å². The largest absolute Gasteiger partial charge is 0.493 e. The number of benzene rings is 1. The van der Waals surface area contributed by atoms with Crippen LogP contribution in [0, 0.1) is 0 Å². The van der Waals surface area contributed by atoms with E-state index < -0.39 is 5.60 Å². The molecule has 0 aliphatic carbocycles. The molecule has 1 rings (SSSR count). The Bertz CT molecular complexity index is 319. The van der Waals surface area contributed by atoms with Gasteiger partial charge in [-0.2, -0.15) is 0 Å². The summed E-state index contributed by atoms with van der Waals surface area (Å²) in [7, 11) is 1.61. The van der Waals surface area contributed by atoms with Crippen molar-refractivity contribution in [2.24, 2.45) is 0 Å². The third-order valence-corrected chi connectivity index (χ3v) is 2.88. The highest BCUT2D eigenvalue weighted by Gasteiger charge is 2.23. The summed E-state index contributed by atoms with van der Waals surface area (Å²) >= 11 is 0. The molecule has 0 radical (unpaired) electrons. The van der Waals surface area contributed by atoms with Gasteiger partial charge in [-0.25, -0.2) is 0 Å². The summed E-state index contributed by atoms with van der Waals surface area (Å²) in [5.74, 6) is 1.36. The summed E-state index contributed by atoms with van der Waals surface area (Å²) in [6.07, 6.45) is 1.36. The van der Waals surface area contributed by atoms with Crippen LogP contribution in [0.15, 0.2) is 24.3 Å². The molecule has 16 heavy (non-hydrogen) atoms. The molecule has 0 saturated carbocycles. The first kappa shape index (κ1) is 12.8. The fraction of sp³-hybridized carbons (Fsp3) is 0.538. The van der Waals surface area contributed by atoms with Crippen LogP contribution in [0.1, 0.15) is 26.7 Å². The monoisotopic (exact) mass is 224 g/mol. The van der Waals surface area contributed by atoms with E-state index >= 15 is 0 Å². The van der Waals surface area contributed by atoms with Crippen LogP contribution >= 0.6 is 0 Å². The SMILES string of the molecule is CCC(O)(CC)COc1ccccc1OC. The normalized spacial score (nSPS) is 11.2. The van der Waals surface area contributed by atoms with E-state index in [0.29, 0.717) is 30.9 Å². The Kier molecular flexibility index (Phi) is 4.62. The molecule has 1 aromatic carbocycles. The van der Waals surface area contributed by atoms with Gasteiger partial charge in [0.1, 0.15) is 6.61 Å². The van der Waals surface area contributed by atoms with Crippen molar-refractivity contribution in [3.63, 3.8) is 0 Å². The van der Waals surface area contributed by atoms with Crippen molar-refractivity contribution >= 4 is 0 Å². The first-order chi connectivity index (χ1) is 7.65. The van der Waals surface area contributed by atoms with Crippen LogP contribution in [-0.4, -0.2) is 24.4 Å². The zero-order valence-corrected chi connectivity index (χ0v) is 10.2. The Morgan fingerprint density at radius 1 is 1.12 bits per heavy atom. The van der Waals surface area contributed by atoms with Crippen molar-refractivity contribution in [1.29, 1.82) is 0 Å². The maximum Gasteiger partial charge on any atom is 0.161 e. The average molecular weight is 224 g/mol. The summed E-state index contributed by atoms with van der Waals surface area (Å²) in [6, 6.07) is 7.45. The van der Waals surface area contributed by atoms with Crippen molar-refractivity contribution in [2.75, 3.05) is 13.7 Å². The minimum atomic E-state index is -0.749. The van der Waals surface area contributed by atoms with E-state index in [1.165, 1.54) is 0 Å². The molecule has 1 N–H and O–H groups in total. The Morgan fingerprint density at radius 3 is 2.19 bits per heavy atom. The summed E-state index contributed by atoms with van der Waals surface area (Å²) in [4.78, 5) is 0. The number of rotatable bonds is 6. The number of aliphatic hydroxyl groups is 1. The Hall–Kier alpha value is -1.22. The Morgan fingerprint density at radius 2 is 1.69 bits per heavy atom. The van der Waals surface area contributed by atoms with Crippen LogP contribution in [0.3, 0.4) is 0 Å². The molecule has 90 valence electrons. The lowest BCUT2D eigenvalue weighted by Gasteiger charge is -2.25. The predicted octanol–water partition coefficient (Wildman–Crippen LogP) is 2.63. The molecular formula is C13H20O3. The first-order valence-electron chi connectivity index (χ1n) is 5.63. The fourth-order valence-electron chi connectivity index (χ4n) is 1.40. The molecule has 0 spiro atoms. The first-order valence-corrected chi connectivity index (χ1v) is 5.63.